The first-order valence-corrected chi connectivity index (χ1v) is 5.97. The highest BCUT2D eigenvalue weighted by Gasteiger charge is 2.09. The summed E-state index contributed by atoms with van der Waals surface area (Å²) >= 11 is 1.84. The van der Waals surface area contributed by atoms with Crippen LogP contribution in [0.15, 0.2) is 18.5 Å². The fourth-order valence-electron chi connectivity index (χ4n) is 1.25. The molecule has 14 heavy (non-hydrogen) atoms. The minimum Gasteiger partial charge on any atom is -0.397 e. The van der Waals surface area contributed by atoms with E-state index in [1.54, 1.807) is 6.20 Å². The third kappa shape index (κ3) is 2.80. The molecule has 0 spiro atoms. The number of pyridine rings is 1. The maximum absolute atomic E-state index is 5.68. The second kappa shape index (κ2) is 5.10. The number of aromatic nitrogens is 1. The molecule has 1 rings (SSSR count). The first-order valence-electron chi connectivity index (χ1n) is 4.57. The lowest BCUT2D eigenvalue weighted by Gasteiger charge is -2.26. The Morgan fingerprint density at radius 2 is 2.29 bits per heavy atom. The molecule has 0 saturated heterocycles. The van der Waals surface area contributed by atoms with Gasteiger partial charge in [0.25, 0.3) is 0 Å². The Balaban J connectivity index is 2.73. The molecule has 0 aliphatic carbocycles. The third-order valence-corrected chi connectivity index (χ3v) is 3.04. The Morgan fingerprint density at radius 3 is 2.86 bits per heavy atom. The molecular formula is C10H17N3S. The van der Waals surface area contributed by atoms with Crippen molar-refractivity contribution in [2.24, 2.45) is 0 Å². The number of thioether (sulfide) groups is 1. The first-order chi connectivity index (χ1) is 6.65. The Morgan fingerprint density at radius 1 is 1.57 bits per heavy atom. The predicted molar refractivity (Wildman–Crippen MR) is 64.9 cm³/mol. The molecule has 1 aromatic heterocycles. The average Bonchev–Trinajstić information content (AvgIpc) is 2.17. The highest BCUT2D eigenvalue weighted by molar-refractivity contribution is 7.98. The molecule has 78 valence electrons. The number of nitrogen functional groups attached to an aromatic ring is 1. The van der Waals surface area contributed by atoms with E-state index in [-0.39, 0.29) is 0 Å². The molecule has 4 heteroatoms. The number of nitrogens with two attached hydrogens (primary N) is 1. The zero-order valence-corrected chi connectivity index (χ0v) is 9.71. The quantitative estimate of drug-likeness (QED) is 0.825. The Hall–Kier alpha value is -0.900. The van der Waals surface area contributed by atoms with Crippen LogP contribution in [0.3, 0.4) is 0 Å². The van der Waals surface area contributed by atoms with Crippen LogP contribution in [0, 0.1) is 0 Å². The van der Waals surface area contributed by atoms with Gasteiger partial charge in [-0.1, -0.05) is 0 Å². The van der Waals surface area contributed by atoms with Crippen LogP contribution in [0.4, 0.5) is 11.4 Å². The second-order valence-electron chi connectivity index (χ2n) is 3.39. The molecule has 0 radical (unpaired) electrons. The summed E-state index contributed by atoms with van der Waals surface area (Å²) in [4.78, 5) is 6.27. The lowest BCUT2D eigenvalue weighted by Crippen LogP contribution is -2.30. The molecule has 0 aliphatic rings. The molecule has 1 unspecified atom stereocenters. The Kier molecular flexibility index (Phi) is 4.07. The van der Waals surface area contributed by atoms with Crippen molar-refractivity contribution in [2.75, 3.05) is 29.7 Å². The molecule has 0 aromatic carbocycles. The van der Waals surface area contributed by atoms with Gasteiger partial charge in [-0.2, -0.15) is 11.8 Å². The lowest BCUT2D eigenvalue weighted by molar-refractivity contribution is 0.764. The van der Waals surface area contributed by atoms with E-state index < -0.39 is 0 Å². The summed E-state index contributed by atoms with van der Waals surface area (Å²) in [5.41, 5.74) is 7.47. The summed E-state index contributed by atoms with van der Waals surface area (Å²) in [6.45, 7) is 2.19. The van der Waals surface area contributed by atoms with Crippen LogP contribution in [0.2, 0.25) is 0 Å². The number of nitrogens with zero attached hydrogens (tertiary/aromatic N) is 2. The minimum atomic E-state index is 0.494. The van der Waals surface area contributed by atoms with Gasteiger partial charge in [0.15, 0.2) is 0 Å². The standard InChI is InChI=1S/C10H17N3S/c1-8(7-14-3)13(2)10-4-9(11)5-12-6-10/h4-6,8H,7,11H2,1-3H3. The van der Waals surface area contributed by atoms with Gasteiger partial charge < -0.3 is 10.6 Å². The third-order valence-electron chi connectivity index (χ3n) is 2.22. The van der Waals surface area contributed by atoms with Crippen molar-refractivity contribution in [2.45, 2.75) is 13.0 Å². The number of hydrogen-bond acceptors (Lipinski definition) is 4. The van der Waals surface area contributed by atoms with E-state index in [0.717, 1.165) is 11.4 Å². The van der Waals surface area contributed by atoms with Crippen LogP contribution >= 0.6 is 11.8 Å². The molecule has 0 bridgehead atoms. The van der Waals surface area contributed by atoms with Gasteiger partial charge in [0.1, 0.15) is 0 Å². The highest BCUT2D eigenvalue weighted by atomic mass is 32.2. The van der Waals surface area contributed by atoms with E-state index in [1.807, 2.05) is 24.0 Å². The maximum atomic E-state index is 5.68. The largest absolute Gasteiger partial charge is 0.397 e. The van der Waals surface area contributed by atoms with E-state index in [2.05, 4.69) is 30.1 Å². The van der Waals surface area contributed by atoms with E-state index in [1.165, 1.54) is 0 Å². The van der Waals surface area contributed by atoms with Crippen molar-refractivity contribution < 1.29 is 0 Å². The highest BCUT2D eigenvalue weighted by Crippen LogP contribution is 2.17. The van der Waals surface area contributed by atoms with Gasteiger partial charge in [-0.15, -0.1) is 0 Å². The van der Waals surface area contributed by atoms with Crippen molar-refractivity contribution in [3.63, 3.8) is 0 Å². The van der Waals surface area contributed by atoms with Gasteiger partial charge in [-0.25, -0.2) is 0 Å². The Labute approximate surface area is 89.7 Å². The summed E-state index contributed by atoms with van der Waals surface area (Å²) < 4.78 is 0. The van der Waals surface area contributed by atoms with Crippen LogP contribution < -0.4 is 10.6 Å². The molecule has 0 aliphatic heterocycles. The predicted octanol–water partition coefficient (Wildman–Crippen LogP) is 1.85. The molecule has 0 saturated carbocycles. The van der Waals surface area contributed by atoms with Gasteiger partial charge in [0, 0.05) is 25.0 Å². The minimum absolute atomic E-state index is 0.494. The van der Waals surface area contributed by atoms with Crippen LogP contribution in [-0.2, 0) is 0 Å². The number of anilines is 2. The summed E-state index contributed by atoms with van der Waals surface area (Å²) in [6, 6.07) is 2.44. The maximum Gasteiger partial charge on any atom is 0.0573 e. The van der Waals surface area contributed by atoms with E-state index in [9.17, 15) is 0 Å². The number of rotatable bonds is 4. The summed E-state index contributed by atoms with van der Waals surface area (Å²) in [5.74, 6) is 1.10. The van der Waals surface area contributed by atoms with Crippen LogP contribution in [0.25, 0.3) is 0 Å². The van der Waals surface area contributed by atoms with Gasteiger partial charge >= 0.3 is 0 Å². The molecular weight excluding hydrogens is 194 g/mol. The second-order valence-corrected chi connectivity index (χ2v) is 4.30. The normalized spacial score (nSPS) is 12.5. The summed E-state index contributed by atoms with van der Waals surface area (Å²) in [5, 5.41) is 0. The molecule has 0 amide bonds. The number of hydrogen-bond donors (Lipinski definition) is 1. The van der Waals surface area contributed by atoms with Crippen molar-refractivity contribution in [1.29, 1.82) is 0 Å². The van der Waals surface area contributed by atoms with E-state index in [4.69, 9.17) is 5.73 Å². The molecule has 3 nitrogen and oxygen atoms in total. The monoisotopic (exact) mass is 211 g/mol. The van der Waals surface area contributed by atoms with E-state index >= 15 is 0 Å². The SMILES string of the molecule is CSCC(C)N(C)c1cncc(N)c1. The van der Waals surface area contributed by atoms with Gasteiger partial charge in [-0.05, 0) is 19.2 Å². The van der Waals surface area contributed by atoms with Gasteiger partial charge in [0.2, 0.25) is 0 Å². The smallest absolute Gasteiger partial charge is 0.0573 e. The van der Waals surface area contributed by atoms with Crippen LogP contribution in [0.5, 0.6) is 0 Å². The molecule has 2 N–H and O–H groups in total. The van der Waals surface area contributed by atoms with E-state index in [0.29, 0.717) is 11.7 Å². The summed E-state index contributed by atoms with van der Waals surface area (Å²) in [6.07, 6.45) is 5.62. The Bertz CT molecular complexity index is 290. The fraction of sp³-hybridized carbons (Fsp3) is 0.500. The first kappa shape index (κ1) is 11.2. The molecule has 1 heterocycles. The average molecular weight is 211 g/mol. The molecule has 1 atom stereocenters. The van der Waals surface area contributed by atoms with Crippen molar-refractivity contribution >= 4 is 23.1 Å². The van der Waals surface area contributed by atoms with Crippen molar-refractivity contribution in [3.05, 3.63) is 18.5 Å². The zero-order valence-electron chi connectivity index (χ0n) is 8.90. The fourth-order valence-corrected chi connectivity index (χ4v) is 1.95. The topological polar surface area (TPSA) is 42.2 Å². The molecule has 0 fully saturated rings. The molecule has 1 aromatic rings. The zero-order chi connectivity index (χ0) is 10.6. The van der Waals surface area contributed by atoms with Crippen molar-refractivity contribution in [1.82, 2.24) is 4.98 Å². The van der Waals surface area contributed by atoms with Crippen LogP contribution in [0.1, 0.15) is 6.92 Å². The van der Waals surface area contributed by atoms with Crippen LogP contribution in [-0.4, -0.2) is 30.1 Å². The van der Waals surface area contributed by atoms with Gasteiger partial charge in [0.05, 0.1) is 17.6 Å². The summed E-state index contributed by atoms with van der Waals surface area (Å²) in [7, 11) is 2.07. The lowest BCUT2D eigenvalue weighted by atomic mass is 10.3. The van der Waals surface area contributed by atoms with Crippen molar-refractivity contribution in [3.8, 4) is 0 Å². The van der Waals surface area contributed by atoms with Gasteiger partial charge in [-0.3, -0.25) is 4.98 Å².